The maximum atomic E-state index is 5.71. The zero-order chi connectivity index (χ0) is 9.40. The van der Waals surface area contributed by atoms with Crippen molar-refractivity contribution in [2.75, 3.05) is 6.54 Å². The molecule has 0 saturated heterocycles. The third kappa shape index (κ3) is 4.55. The summed E-state index contributed by atoms with van der Waals surface area (Å²) < 4.78 is 0. The molecule has 0 aromatic heterocycles. The van der Waals surface area contributed by atoms with Crippen LogP contribution >= 0.6 is 0 Å². The molecule has 0 rings (SSSR count). The first-order valence-corrected chi connectivity index (χ1v) is 5.07. The van der Waals surface area contributed by atoms with Gasteiger partial charge in [0.1, 0.15) is 0 Å². The summed E-state index contributed by atoms with van der Waals surface area (Å²) in [6, 6.07) is 0. The van der Waals surface area contributed by atoms with E-state index >= 15 is 0 Å². The molecule has 0 aliphatic heterocycles. The molecule has 2 atom stereocenters. The summed E-state index contributed by atoms with van der Waals surface area (Å²) in [5, 5.41) is 0. The fourth-order valence-electron chi connectivity index (χ4n) is 1.44. The molecule has 12 heavy (non-hydrogen) atoms. The van der Waals surface area contributed by atoms with Gasteiger partial charge in [-0.3, -0.25) is 0 Å². The molecule has 1 heteroatoms. The second-order valence-electron chi connectivity index (χ2n) is 3.53. The molecule has 0 aliphatic rings. The summed E-state index contributed by atoms with van der Waals surface area (Å²) in [7, 11) is 0. The fourth-order valence-corrected chi connectivity index (χ4v) is 1.44. The number of nitrogens with two attached hydrogens (primary N) is 1. The Balaban J connectivity index is 3.66. The second kappa shape index (κ2) is 7.35. The van der Waals surface area contributed by atoms with Crippen molar-refractivity contribution in [3.8, 4) is 0 Å². The first-order valence-electron chi connectivity index (χ1n) is 5.07. The predicted octanol–water partition coefficient (Wildman–Crippen LogP) is 2.96. The van der Waals surface area contributed by atoms with Gasteiger partial charge in [0.05, 0.1) is 0 Å². The van der Waals surface area contributed by atoms with E-state index in [4.69, 9.17) is 5.73 Å². The van der Waals surface area contributed by atoms with Crippen molar-refractivity contribution < 1.29 is 0 Å². The number of rotatable bonds is 6. The molecule has 1 unspecified atom stereocenters. The quantitative estimate of drug-likeness (QED) is 0.608. The highest BCUT2D eigenvalue weighted by Crippen LogP contribution is 2.19. The summed E-state index contributed by atoms with van der Waals surface area (Å²) >= 11 is 0. The van der Waals surface area contributed by atoms with Crippen LogP contribution in [0.3, 0.4) is 0 Å². The smallest absolute Gasteiger partial charge is 0.00462 e. The van der Waals surface area contributed by atoms with Crippen LogP contribution < -0.4 is 5.73 Å². The third-order valence-electron chi connectivity index (χ3n) is 2.69. The van der Waals surface area contributed by atoms with Gasteiger partial charge in [0.2, 0.25) is 0 Å². The molecule has 0 spiro atoms. The maximum absolute atomic E-state index is 5.71. The summed E-state index contributed by atoms with van der Waals surface area (Å²) in [5.74, 6) is 1.49. The molecule has 0 heterocycles. The van der Waals surface area contributed by atoms with E-state index in [-0.39, 0.29) is 0 Å². The first-order chi connectivity index (χ1) is 5.76. The topological polar surface area (TPSA) is 26.0 Å². The molecule has 0 aromatic carbocycles. The molecule has 72 valence electrons. The standard InChI is InChI=1S/C11H23N/c1-4-6-7-8-11(9-12)10(3)5-2/h4,6,10-11H,5,7-9,12H2,1-3H3/b6-4-/t10?,11-/m1/s1. The summed E-state index contributed by atoms with van der Waals surface area (Å²) in [4.78, 5) is 0. The lowest BCUT2D eigenvalue weighted by molar-refractivity contribution is 0.337. The Morgan fingerprint density at radius 2 is 2.08 bits per heavy atom. The van der Waals surface area contributed by atoms with E-state index in [1.54, 1.807) is 0 Å². The van der Waals surface area contributed by atoms with E-state index in [2.05, 4.69) is 32.9 Å². The van der Waals surface area contributed by atoms with E-state index in [9.17, 15) is 0 Å². The second-order valence-corrected chi connectivity index (χ2v) is 3.53. The van der Waals surface area contributed by atoms with Crippen LogP contribution in [0.1, 0.15) is 40.0 Å². The van der Waals surface area contributed by atoms with Gasteiger partial charge in [-0.15, -0.1) is 0 Å². The van der Waals surface area contributed by atoms with Crippen LogP contribution in [0.4, 0.5) is 0 Å². The van der Waals surface area contributed by atoms with Crippen LogP contribution in [0, 0.1) is 11.8 Å². The van der Waals surface area contributed by atoms with Gasteiger partial charge in [-0.05, 0) is 38.1 Å². The SMILES string of the molecule is C/C=C\CC[C@H](CN)C(C)CC. The van der Waals surface area contributed by atoms with Gasteiger partial charge in [0, 0.05) is 0 Å². The van der Waals surface area contributed by atoms with Crippen LogP contribution in [0.2, 0.25) is 0 Å². The van der Waals surface area contributed by atoms with Gasteiger partial charge in [0.25, 0.3) is 0 Å². The van der Waals surface area contributed by atoms with Crippen LogP contribution in [0.25, 0.3) is 0 Å². The lowest BCUT2D eigenvalue weighted by Gasteiger charge is -2.20. The van der Waals surface area contributed by atoms with Crippen molar-refractivity contribution in [1.29, 1.82) is 0 Å². The van der Waals surface area contributed by atoms with Crippen molar-refractivity contribution in [3.05, 3.63) is 12.2 Å². The molecule has 0 aromatic rings. The minimum absolute atomic E-state index is 0.714. The van der Waals surface area contributed by atoms with E-state index in [1.165, 1.54) is 19.3 Å². The largest absolute Gasteiger partial charge is 0.330 e. The number of hydrogen-bond acceptors (Lipinski definition) is 1. The highest BCUT2D eigenvalue weighted by atomic mass is 14.6. The Morgan fingerprint density at radius 3 is 2.50 bits per heavy atom. The number of hydrogen-bond donors (Lipinski definition) is 1. The maximum Gasteiger partial charge on any atom is -0.00462 e. The zero-order valence-corrected chi connectivity index (χ0v) is 8.72. The minimum atomic E-state index is 0.714. The van der Waals surface area contributed by atoms with Crippen molar-refractivity contribution in [2.24, 2.45) is 17.6 Å². The average Bonchev–Trinajstić information content (AvgIpc) is 2.11. The van der Waals surface area contributed by atoms with E-state index in [1.807, 2.05) is 0 Å². The van der Waals surface area contributed by atoms with Gasteiger partial charge in [0.15, 0.2) is 0 Å². The highest BCUT2D eigenvalue weighted by molar-refractivity contribution is 4.79. The first kappa shape index (κ1) is 11.7. The Morgan fingerprint density at radius 1 is 1.42 bits per heavy atom. The fraction of sp³-hybridized carbons (Fsp3) is 0.818. The molecule has 0 aliphatic carbocycles. The minimum Gasteiger partial charge on any atom is -0.330 e. The zero-order valence-electron chi connectivity index (χ0n) is 8.72. The van der Waals surface area contributed by atoms with Gasteiger partial charge in [-0.2, -0.15) is 0 Å². The Kier molecular flexibility index (Phi) is 7.17. The van der Waals surface area contributed by atoms with E-state index < -0.39 is 0 Å². The van der Waals surface area contributed by atoms with Gasteiger partial charge >= 0.3 is 0 Å². The molecule has 0 fully saturated rings. The van der Waals surface area contributed by atoms with Gasteiger partial charge in [-0.25, -0.2) is 0 Å². The molecule has 2 N–H and O–H groups in total. The van der Waals surface area contributed by atoms with Crippen molar-refractivity contribution in [3.63, 3.8) is 0 Å². The lowest BCUT2D eigenvalue weighted by Crippen LogP contribution is -2.20. The summed E-state index contributed by atoms with van der Waals surface area (Å²) in [5.41, 5.74) is 5.71. The normalized spacial score (nSPS) is 16.7. The van der Waals surface area contributed by atoms with Crippen LogP contribution in [-0.4, -0.2) is 6.54 Å². The Bertz CT molecular complexity index is 118. The predicted molar refractivity (Wildman–Crippen MR) is 56.0 cm³/mol. The average molecular weight is 169 g/mol. The van der Waals surface area contributed by atoms with Crippen molar-refractivity contribution in [1.82, 2.24) is 0 Å². The molecule has 0 bridgehead atoms. The van der Waals surface area contributed by atoms with Crippen LogP contribution in [0.5, 0.6) is 0 Å². The third-order valence-corrected chi connectivity index (χ3v) is 2.69. The van der Waals surface area contributed by atoms with E-state index in [0.717, 1.165) is 12.5 Å². The molecular weight excluding hydrogens is 146 g/mol. The van der Waals surface area contributed by atoms with E-state index in [0.29, 0.717) is 5.92 Å². The Labute approximate surface area is 77.0 Å². The highest BCUT2D eigenvalue weighted by Gasteiger charge is 2.12. The van der Waals surface area contributed by atoms with Crippen LogP contribution in [0.15, 0.2) is 12.2 Å². The summed E-state index contributed by atoms with van der Waals surface area (Å²) in [6.45, 7) is 7.45. The Hall–Kier alpha value is -0.300. The molecule has 0 radical (unpaired) electrons. The summed E-state index contributed by atoms with van der Waals surface area (Å²) in [6.07, 6.45) is 8.02. The van der Waals surface area contributed by atoms with Crippen LogP contribution in [-0.2, 0) is 0 Å². The monoisotopic (exact) mass is 169 g/mol. The van der Waals surface area contributed by atoms with Gasteiger partial charge < -0.3 is 5.73 Å². The lowest BCUT2D eigenvalue weighted by atomic mass is 9.88. The molecular formula is C11H23N. The molecule has 0 saturated carbocycles. The van der Waals surface area contributed by atoms with Gasteiger partial charge in [-0.1, -0.05) is 32.4 Å². The molecule has 0 amide bonds. The molecule has 1 nitrogen and oxygen atoms in total. The number of allylic oxidation sites excluding steroid dienone is 2. The van der Waals surface area contributed by atoms with Crippen molar-refractivity contribution >= 4 is 0 Å². The van der Waals surface area contributed by atoms with Crippen molar-refractivity contribution in [2.45, 2.75) is 40.0 Å².